The number of carbonyl (C=O) groups excluding carboxylic acids is 4. The zero-order valence-electron chi connectivity index (χ0n) is 14.4. The minimum absolute atomic E-state index is 0.145. The first-order chi connectivity index (χ1) is 11.3. The van der Waals surface area contributed by atoms with Crippen LogP contribution in [0.5, 0.6) is 0 Å². The van der Waals surface area contributed by atoms with Crippen LogP contribution in [0.2, 0.25) is 0 Å². The van der Waals surface area contributed by atoms with Gasteiger partial charge in [0.2, 0.25) is 5.91 Å². The number of aromatic nitrogens is 1. The fourth-order valence-electron chi connectivity index (χ4n) is 2.24. The number of nitrogens with one attached hydrogen (secondary N) is 3. The number of hydrogen-bond donors (Lipinski definition) is 3. The summed E-state index contributed by atoms with van der Waals surface area (Å²) in [6, 6.07) is 0. The third-order valence-corrected chi connectivity index (χ3v) is 3.35. The molecule has 2 amide bonds. The van der Waals surface area contributed by atoms with Gasteiger partial charge in [0.05, 0.1) is 6.54 Å². The maximum atomic E-state index is 12.0. The zero-order valence-corrected chi connectivity index (χ0v) is 14.4. The predicted octanol–water partition coefficient (Wildman–Crippen LogP) is 0.633. The fourth-order valence-corrected chi connectivity index (χ4v) is 2.24. The van der Waals surface area contributed by atoms with E-state index < -0.39 is 18.5 Å². The molecule has 1 rings (SSSR count). The Hall–Kier alpha value is -2.64. The SMILES string of the molecule is CCCNC(=O)CNC(=O)COC(=O)c1[nH]c(C)c(C(C)=O)c1C. The number of carbonyl (C=O) groups is 4. The number of H-pyrrole nitrogens is 1. The second-order valence-corrected chi connectivity index (χ2v) is 5.38. The summed E-state index contributed by atoms with van der Waals surface area (Å²) in [5, 5.41) is 4.96. The second kappa shape index (κ2) is 8.85. The molecule has 8 nitrogen and oxygen atoms in total. The van der Waals surface area contributed by atoms with E-state index >= 15 is 0 Å². The highest BCUT2D eigenvalue weighted by atomic mass is 16.5. The van der Waals surface area contributed by atoms with Gasteiger partial charge >= 0.3 is 5.97 Å². The van der Waals surface area contributed by atoms with Crippen molar-refractivity contribution in [2.24, 2.45) is 0 Å². The van der Waals surface area contributed by atoms with E-state index in [1.54, 1.807) is 13.8 Å². The van der Waals surface area contributed by atoms with Gasteiger partial charge in [-0.1, -0.05) is 6.92 Å². The van der Waals surface area contributed by atoms with Crippen LogP contribution in [0.1, 0.15) is 52.4 Å². The lowest BCUT2D eigenvalue weighted by atomic mass is 10.1. The van der Waals surface area contributed by atoms with Crippen LogP contribution in [0, 0.1) is 13.8 Å². The number of Topliss-reactive ketones (excluding diaryl/α,β-unsaturated/α-hetero) is 1. The topological polar surface area (TPSA) is 117 Å². The Morgan fingerprint density at radius 1 is 1.08 bits per heavy atom. The standard InChI is InChI=1S/C16H23N3O5/c1-5-6-17-12(21)7-18-13(22)8-24-16(23)15-9(2)14(11(4)20)10(3)19-15/h19H,5-8H2,1-4H3,(H,17,21)(H,18,22). The van der Waals surface area contributed by atoms with Crippen LogP contribution in [0.4, 0.5) is 0 Å². The van der Waals surface area contributed by atoms with Gasteiger partial charge in [-0.2, -0.15) is 0 Å². The number of ether oxygens (including phenoxy) is 1. The Labute approximate surface area is 140 Å². The van der Waals surface area contributed by atoms with Crippen molar-refractivity contribution in [1.82, 2.24) is 15.6 Å². The summed E-state index contributed by atoms with van der Waals surface area (Å²) in [5.41, 5.74) is 1.65. The zero-order chi connectivity index (χ0) is 18.3. The highest BCUT2D eigenvalue weighted by molar-refractivity contribution is 6.01. The molecular formula is C16H23N3O5. The summed E-state index contributed by atoms with van der Waals surface area (Å²) in [6.07, 6.45) is 0.800. The van der Waals surface area contributed by atoms with Gasteiger partial charge in [0, 0.05) is 17.8 Å². The molecule has 8 heteroatoms. The van der Waals surface area contributed by atoms with Gasteiger partial charge in [-0.25, -0.2) is 4.79 Å². The highest BCUT2D eigenvalue weighted by Gasteiger charge is 2.21. The minimum Gasteiger partial charge on any atom is -0.451 e. The number of aromatic amines is 1. The van der Waals surface area contributed by atoms with E-state index in [0.717, 1.165) is 6.42 Å². The van der Waals surface area contributed by atoms with Crippen molar-refractivity contribution in [3.63, 3.8) is 0 Å². The van der Waals surface area contributed by atoms with Crippen molar-refractivity contribution in [3.05, 3.63) is 22.5 Å². The molecule has 0 saturated carbocycles. The van der Waals surface area contributed by atoms with Crippen LogP contribution in [0.15, 0.2) is 0 Å². The van der Waals surface area contributed by atoms with E-state index in [0.29, 0.717) is 23.4 Å². The maximum absolute atomic E-state index is 12.0. The number of esters is 1. The first kappa shape index (κ1) is 19.4. The molecule has 0 aliphatic heterocycles. The van der Waals surface area contributed by atoms with Crippen molar-refractivity contribution >= 4 is 23.6 Å². The van der Waals surface area contributed by atoms with Gasteiger partial charge in [0.1, 0.15) is 5.69 Å². The molecule has 0 aliphatic carbocycles. The Morgan fingerprint density at radius 2 is 1.75 bits per heavy atom. The average Bonchev–Trinajstić information content (AvgIpc) is 2.83. The molecule has 0 radical (unpaired) electrons. The lowest BCUT2D eigenvalue weighted by Gasteiger charge is -2.07. The van der Waals surface area contributed by atoms with E-state index in [9.17, 15) is 19.2 Å². The molecule has 3 N–H and O–H groups in total. The monoisotopic (exact) mass is 337 g/mol. The Morgan fingerprint density at radius 3 is 2.29 bits per heavy atom. The van der Waals surface area contributed by atoms with Crippen LogP contribution in [0.3, 0.4) is 0 Å². The largest absolute Gasteiger partial charge is 0.451 e. The summed E-state index contributed by atoms with van der Waals surface area (Å²) in [6.45, 7) is 6.50. The number of hydrogen-bond acceptors (Lipinski definition) is 5. The van der Waals surface area contributed by atoms with Crippen LogP contribution >= 0.6 is 0 Å². The molecule has 0 fully saturated rings. The van der Waals surface area contributed by atoms with Gasteiger partial charge < -0.3 is 20.4 Å². The minimum atomic E-state index is -0.728. The average molecular weight is 337 g/mol. The maximum Gasteiger partial charge on any atom is 0.355 e. The Kier molecular flexibility index (Phi) is 7.16. The summed E-state index contributed by atoms with van der Waals surface area (Å²) in [7, 11) is 0. The van der Waals surface area contributed by atoms with Crippen molar-refractivity contribution in [1.29, 1.82) is 0 Å². The van der Waals surface area contributed by atoms with Gasteiger partial charge in [0.15, 0.2) is 12.4 Å². The van der Waals surface area contributed by atoms with Gasteiger partial charge in [-0.15, -0.1) is 0 Å². The van der Waals surface area contributed by atoms with E-state index in [4.69, 9.17) is 4.74 Å². The quantitative estimate of drug-likeness (QED) is 0.475. The fraction of sp³-hybridized carbons (Fsp3) is 0.500. The number of rotatable bonds is 8. The molecule has 1 aromatic heterocycles. The molecule has 0 saturated heterocycles. The molecule has 0 spiro atoms. The molecular weight excluding hydrogens is 314 g/mol. The van der Waals surface area contributed by atoms with Crippen molar-refractivity contribution in [2.75, 3.05) is 19.7 Å². The Balaban J connectivity index is 2.52. The highest BCUT2D eigenvalue weighted by Crippen LogP contribution is 2.19. The molecule has 24 heavy (non-hydrogen) atoms. The van der Waals surface area contributed by atoms with Gasteiger partial charge in [-0.3, -0.25) is 14.4 Å². The van der Waals surface area contributed by atoms with E-state index in [1.165, 1.54) is 6.92 Å². The van der Waals surface area contributed by atoms with Crippen LogP contribution in [-0.4, -0.2) is 48.2 Å². The first-order valence-electron chi connectivity index (χ1n) is 7.68. The van der Waals surface area contributed by atoms with Crippen LogP contribution < -0.4 is 10.6 Å². The third-order valence-electron chi connectivity index (χ3n) is 3.35. The summed E-state index contributed by atoms with van der Waals surface area (Å²) in [5.74, 6) is -1.77. The number of amides is 2. The van der Waals surface area contributed by atoms with E-state index in [-0.39, 0.29) is 23.9 Å². The molecule has 132 valence electrons. The second-order valence-electron chi connectivity index (χ2n) is 5.38. The molecule has 0 atom stereocenters. The predicted molar refractivity (Wildman–Crippen MR) is 86.9 cm³/mol. The van der Waals surface area contributed by atoms with Crippen molar-refractivity contribution in [3.8, 4) is 0 Å². The van der Waals surface area contributed by atoms with Crippen LogP contribution in [0.25, 0.3) is 0 Å². The smallest absolute Gasteiger partial charge is 0.355 e. The van der Waals surface area contributed by atoms with Crippen LogP contribution in [-0.2, 0) is 14.3 Å². The number of ketones is 1. The summed E-state index contributed by atoms with van der Waals surface area (Å²) >= 11 is 0. The Bertz CT molecular complexity index is 648. The van der Waals surface area contributed by atoms with Gasteiger partial charge in [0.25, 0.3) is 5.91 Å². The lowest BCUT2D eigenvalue weighted by Crippen LogP contribution is -2.39. The summed E-state index contributed by atoms with van der Waals surface area (Å²) in [4.78, 5) is 49.3. The van der Waals surface area contributed by atoms with Gasteiger partial charge in [-0.05, 0) is 32.8 Å². The first-order valence-corrected chi connectivity index (χ1v) is 7.68. The van der Waals surface area contributed by atoms with E-state index in [2.05, 4.69) is 15.6 Å². The summed E-state index contributed by atoms with van der Waals surface area (Å²) < 4.78 is 4.91. The molecule has 0 aliphatic rings. The van der Waals surface area contributed by atoms with Crippen molar-refractivity contribution < 1.29 is 23.9 Å². The molecule has 0 unspecified atom stereocenters. The van der Waals surface area contributed by atoms with E-state index in [1.807, 2.05) is 6.92 Å². The lowest BCUT2D eigenvalue weighted by molar-refractivity contribution is -0.127. The third kappa shape index (κ3) is 5.22. The number of aryl methyl sites for hydroxylation is 1. The normalized spacial score (nSPS) is 10.2. The molecule has 0 bridgehead atoms. The molecule has 1 aromatic rings. The molecule has 0 aromatic carbocycles. The molecule has 1 heterocycles. The van der Waals surface area contributed by atoms with Crippen molar-refractivity contribution in [2.45, 2.75) is 34.1 Å².